The summed E-state index contributed by atoms with van der Waals surface area (Å²) in [6, 6.07) is 12.9. The molecule has 0 saturated carbocycles. The van der Waals surface area contributed by atoms with Crippen LogP contribution >= 0.6 is 0 Å². The molecule has 0 bridgehead atoms. The highest BCUT2D eigenvalue weighted by molar-refractivity contribution is 6.22. The van der Waals surface area contributed by atoms with Gasteiger partial charge in [0.1, 0.15) is 0 Å². The molecule has 11 heteroatoms. The zero-order chi connectivity index (χ0) is 25.7. The van der Waals surface area contributed by atoms with Crippen LogP contribution in [-0.2, 0) is 0 Å². The number of nitrogens with zero attached hydrogens (tertiary/aromatic N) is 5. The fourth-order valence-corrected chi connectivity index (χ4v) is 5.63. The molecule has 0 unspecified atom stereocenters. The van der Waals surface area contributed by atoms with E-state index in [2.05, 4.69) is 10.3 Å². The van der Waals surface area contributed by atoms with E-state index in [9.17, 15) is 9.90 Å². The minimum atomic E-state index is -0.180. The third-order valence-electron chi connectivity index (χ3n) is 7.31. The van der Waals surface area contributed by atoms with Crippen molar-refractivity contribution in [1.82, 2.24) is 15.0 Å². The van der Waals surface area contributed by atoms with E-state index in [1.165, 1.54) is 0 Å². The number of aliphatic hydroxyl groups is 1. The van der Waals surface area contributed by atoms with E-state index in [0.29, 0.717) is 60.7 Å². The van der Waals surface area contributed by atoms with E-state index >= 15 is 0 Å². The molecule has 2 aliphatic heterocycles. The van der Waals surface area contributed by atoms with Crippen LogP contribution in [0.15, 0.2) is 42.5 Å². The third-order valence-corrected chi connectivity index (χ3v) is 7.31. The molecule has 11 nitrogen and oxygen atoms in total. The number of nitrogens with one attached hydrogen (secondary N) is 1. The number of aliphatic hydroxyl groups excluding tert-OH is 1. The Bertz CT molecular complexity index is 1340. The van der Waals surface area contributed by atoms with Crippen LogP contribution in [0.5, 0.6) is 0 Å². The maximum Gasteiger partial charge on any atom is 0.233 e. The summed E-state index contributed by atoms with van der Waals surface area (Å²) in [5, 5.41) is 13.2. The second kappa shape index (κ2) is 9.34. The van der Waals surface area contributed by atoms with Gasteiger partial charge >= 0.3 is 0 Å². The highest BCUT2D eigenvalue weighted by Crippen LogP contribution is 2.38. The maximum absolute atomic E-state index is 13.0. The van der Waals surface area contributed by atoms with Gasteiger partial charge in [-0.2, -0.15) is 15.0 Å². The first-order valence-corrected chi connectivity index (χ1v) is 12.6. The van der Waals surface area contributed by atoms with Gasteiger partial charge in [0.25, 0.3) is 0 Å². The molecule has 3 aliphatic rings. The molecule has 0 radical (unpaired) electrons. The Morgan fingerprint density at radius 1 is 0.838 bits per heavy atom. The lowest BCUT2D eigenvalue weighted by Crippen LogP contribution is -2.53. The molecular formula is C26H31N9O2. The molecule has 192 valence electrons. The Kier molecular flexibility index (Phi) is 6.00. The van der Waals surface area contributed by atoms with Crippen LogP contribution in [-0.4, -0.2) is 76.3 Å². The number of carbonyl (C=O) groups excluding carboxylic acids is 1. The smallest absolute Gasteiger partial charge is 0.233 e. The minimum absolute atomic E-state index is 0.000548. The van der Waals surface area contributed by atoms with Gasteiger partial charge in [-0.25, -0.2) is 0 Å². The molecule has 3 aromatic rings. The number of hydrogen-bond acceptors (Lipinski definition) is 11. The largest absolute Gasteiger partial charge is 0.394 e. The van der Waals surface area contributed by atoms with Gasteiger partial charge in [-0.1, -0.05) is 30.3 Å². The number of fused-ring (bicyclic) bond motifs is 3. The Morgan fingerprint density at radius 3 is 2.27 bits per heavy atom. The van der Waals surface area contributed by atoms with Gasteiger partial charge in [0.2, 0.25) is 17.8 Å². The first-order chi connectivity index (χ1) is 17.9. The molecule has 3 heterocycles. The van der Waals surface area contributed by atoms with Crippen molar-refractivity contribution >= 4 is 29.3 Å². The van der Waals surface area contributed by atoms with Crippen LogP contribution in [0, 0.1) is 0 Å². The standard InChI is InChI=1S/C26H31N9O2/c27-14-7-15(28)11-34(10-14)25-31-24(32-26(33-25)35-12-16(29)8-18(35)13-36)30-17-5-6-20-19-3-1-2-4-21(19)23(37)22(20)9-17/h1-6,9,14-16,18,36H,7-8,10-13,27-29H2,(H,30,31,32,33)/t14-,15+,16-,18-/m0/s1. The summed E-state index contributed by atoms with van der Waals surface area (Å²) in [6.07, 6.45) is 1.38. The van der Waals surface area contributed by atoms with E-state index in [1.807, 2.05) is 52.3 Å². The fourth-order valence-electron chi connectivity index (χ4n) is 5.63. The van der Waals surface area contributed by atoms with Crippen LogP contribution in [0.1, 0.15) is 28.8 Å². The van der Waals surface area contributed by atoms with Crippen molar-refractivity contribution in [2.24, 2.45) is 17.2 Å². The van der Waals surface area contributed by atoms with E-state index in [0.717, 1.165) is 17.5 Å². The highest BCUT2D eigenvalue weighted by Gasteiger charge is 2.33. The van der Waals surface area contributed by atoms with Gasteiger partial charge in [0, 0.05) is 54.6 Å². The maximum atomic E-state index is 13.0. The Hall–Kier alpha value is -3.64. The van der Waals surface area contributed by atoms with E-state index in [4.69, 9.17) is 27.2 Å². The van der Waals surface area contributed by atoms with Gasteiger partial charge in [0.05, 0.1) is 12.6 Å². The number of aromatic nitrogens is 3. The summed E-state index contributed by atoms with van der Waals surface area (Å²) in [6.45, 7) is 1.62. The SMILES string of the molecule is N[C@@H]1C[C@H](N)CN(c2nc(Nc3ccc4c(c3)C(=O)c3ccccc3-4)nc(N3C[C@@H](N)C[C@H]3CO)n2)C1. The molecular weight excluding hydrogens is 470 g/mol. The van der Waals surface area contributed by atoms with E-state index in [-0.39, 0.29) is 36.6 Å². The predicted molar refractivity (Wildman–Crippen MR) is 142 cm³/mol. The highest BCUT2D eigenvalue weighted by atomic mass is 16.3. The van der Waals surface area contributed by atoms with E-state index < -0.39 is 0 Å². The summed E-state index contributed by atoms with van der Waals surface area (Å²) in [7, 11) is 0. The van der Waals surface area contributed by atoms with Gasteiger partial charge in [-0.05, 0) is 36.1 Å². The number of anilines is 4. The number of carbonyl (C=O) groups is 1. The van der Waals surface area contributed by atoms with Crippen LogP contribution in [0.25, 0.3) is 11.1 Å². The normalized spacial score (nSPS) is 24.8. The van der Waals surface area contributed by atoms with Crippen LogP contribution < -0.4 is 32.3 Å². The lowest BCUT2D eigenvalue weighted by molar-refractivity contribution is 0.104. The molecule has 37 heavy (non-hydrogen) atoms. The molecule has 1 aliphatic carbocycles. The average Bonchev–Trinajstić information content (AvgIpc) is 3.40. The van der Waals surface area contributed by atoms with Crippen molar-refractivity contribution < 1.29 is 9.90 Å². The van der Waals surface area contributed by atoms with Gasteiger partial charge in [0.15, 0.2) is 5.78 Å². The lowest BCUT2D eigenvalue weighted by atomic mass is 10.0. The summed E-state index contributed by atoms with van der Waals surface area (Å²) in [5.74, 6) is 1.21. The number of piperidine rings is 1. The first kappa shape index (κ1) is 23.7. The predicted octanol–water partition coefficient (Wildman–Crippen LogP) is 0.590. The first-order valence-electron chi connectivity index (χ1n) is 12.6. The summed E-state index contributed by atoms with van der Waals surface area (Å²) in [4.78, 5) is 31.0. The minimum Gasteiger partial charge on any atom is -0.394 e. The van der Waals surface area contributed by atoms with Crippen LogP contribution in [0.3, 0.4) is 0 Å². The summed E-state index contributed by atoms with van der Waals surface area (Å²) in [5.41, 5.74) is 22.6. The molecule has 2 aromatic carbocycles. The number of hydrogen-bond donors (Lipinski definition) is 5. The number of benzene rings is 2. The summed E-state index contributed by atoms with van der Waals surface area (Å²) >= 11 is 0. The lowest BCUT2D eigenvalue weighted by Gasteiger charge is -2.35. The van der Waals surface area contributed by atoms with Crippen molar-refractivity contribution in [1.29, 1.82) is 0 Å². The van der Waals surface area contributed by atoms with Crippen molar-refractivity contribution in [3.05, 3.63) is 53.6 Å². The fraction of sp³-hybridized carbons (Fsp3) is 0.385. The Labute approximate surface area is 214 Å². The van der Waals surface area contributed by atoms with E-state index in [1.54, 1.807) is 0 Å². The summed E-state index contributed by atoms with van der Waals surface area (Å²) < 4.78 is 0. The van der Waals surface area contributed by atoms with Crippen LogP contribution in [0.2, 0.25) is 0 Å². The average molecular weight is 502 g/mol. The number of ketones is 1. The topological polar surface area (TPSA) is 173 Å². The molecule has 8 N–H and O–H groups in total. The Morgan fingerprint density at radius 2 is 1.51 bits per heavy atom. The molecule has 6 rings (SSSR count). The molecule has 1 aromatic heterocycles. The molecule has 0 amide bonds. The third kappa shape index (κ3) is 4.40. The van der Waals surface area contributed by atoms with Gasteiger partial charge < -0.3 is 37.4 Å². The second-order valence-corrected chi connectivity index (χ2v) is 10.2. The second-order valence-electron chi connectivity index (χ2n) is 10.2. The zero-order valence-electron chi connectivity index (χ0n) is 20.4. The van der Waals surface area contributed by atoms with Gasteiger partial charge in [-0.15, -0.1) is 0 Å². The zero-order valence-corrected chi connectivity index (χ0v) is 20.4. The van der Waals surface area contributed by atoms with Crippen molar-refractivity contribution in [3.63, 3.8) is 0 Å². The van der Waals surface area contributed by atoms with Crippen LogP contribution in [0.4, 0.5) is 23.5 Å². The molecule has 2 fully saturated rings. The molecule has 2 saturated heterocycles. The van der Waals surface area contributed by atoms with Crippen molar-refractivity contribution in [2.75, 3.05) is 41.4 Å². The number of rotatable bonds is 5. The monoisotopic (exact) mass is 501 g/mol. The Balaban J connectivity index is 1.36. The number of nitrogens with two attached hydrogens (primary N) is 3. The molecule has 4 atom stereocenters. The van der Waals surface area contributed by atoms with Crippen molar-refractivity contribution in [3.8, 4) is 11.1 Å². The molecule has 0 spiro atoms. The van der Waals surface area contributed by atoms with Crippen molar-refractivity contribution in [2.45, 2.75) is 37.0 Å². The quantitative estimate of drug-likeness (QED) is 0.259. The van der Waals surface area contributed by atoms with Gasteiger partial charge in [-0.3, -0.25) is 4.79 Å².